The first-order valence-corrected chi connectivity index (χ1v) is 2.33. The van der Waals surface area contributed by atoms with E-state index in [0.717, 1.165) is 6.42 Å². The molecule has 1 aliphatic rings. The largest absolute Gasteiger partial charge is 0.462 e. The zero-order valence-electron chi connectivity index (χ0n) is 4.18. The molecule has 1 unspecified atom stereocenters. The third-order valence-electron chi connectivity index (χ3n) is 0.934. The van der Waals surface area contributed by atoms with E-state index >= 15 is 0 Å². The number of carbonyl (C=O) groups is 1. The molecular formula is C5H7O2. The molecule has 0 saturated carbocycles. The topological polar surface area (TPSA) is 26.3 Å². The molecular weight excluding hydrogens is 92.1 g/mol. The third-order valence-corrected chi connectivity index (χ3v) is 0.934. The van der Waals surface area contributed by atoms with Crippen molar-refractivity contribution in [1.29, 1.82) is 0 Å². The summed E-state index contributed by atoms with van der Waals surface area (Å²) in [5, 5.41) is 0. The predicted molar refractivity (Wildman–Crippen MR) is 24.5 cm³/mol. The highest BCUT2D eigenvalue weighted by molar-refractivity contribution is 5.80. The van der Waals surface area contributed by atoms with Crippen molar-refractivity contribution in [3.05, 3.63) is 6.42 Å². The average Bonchev–Trinajstić information content (AvgIpc) is 1.87. The van der Waals surface area contributed by atoms with Crippen LogP contribution in [0.1, 0.15) is 13.3 Å². The van der Waals surface area contributed by atoms with Gasteiger partial charge in [-0.2, -0.15) is 0 Å². The van der Waals surface area contributed by atoms with E-state index in [2.05, 4.69) is 4.74 Å². The summed E-state index contributed by atoms with van der Waals surface area (Å²) in [6.07, 6.45) is 2.45. The highest BCUT2D eigenvalue weighted by Crippen LogP contribution is 2.10. The second kappa shape index (κ2) is 1.52. The minimum Gasteiger partial charge on any atom is -0.462 e. The lowest BCUT2D eigenvalue weighted by Gasteiger charge is -1.95. The van der Waals surface area contributed by atoms with Crippen molar-refractivity contribution in [3.8, 4) is 0 Å². The maximum Gasteiger partial charge on any atom is 0.310 e. The maximum absolute atomic E-state index is 10.2. The van der Waals surface area contributed by atoms with E-state index in [4.69, 9.17) is 0 Å². The summed E-state index contributed by atoms with van der Waals surface area (Å²) in [5.41, 5.74) is 0. The van der Waals surface area contributed by atoms with Gasteiger partial charge in [0.25, 0.3) is 0 Å². The summed E-state index contributed by atoms with van der Waals surface area (Å²) in [4.78, 5) is 10.2. The Morgan fingerprint density at radius 1 is 2.00 bits per heavy atom. The van der Waals surface area contributed by atoms with Gasteiger partial charge in [-0.1, -0.05) is 0 Å². The smallest absolute Gasteiger partial charge is 0.310 e. The molecule has 0 N–H and O–H groups in total. The van der Waals surface area contributed by atoms with E-state index in [1.807, 2.05) is 6.92 Å². The highest BCUT2D eigenvalue weighted by Gasteiger charge is 2.18. The predicted octanol–water partition coefficient (Wildman–Crippen LogP) is 0.526. The van der Waals surface area contributed by atoms with Crippen molar-refractivity contribution in [2.45, 2.75) is 19.4 Å². The Labute approximate surface area is 42.5 Å². The summed E-state index contributed by atoms with van der Waals surface area (Å²) in [5.74, 6) is -0.174. The quantitative estimate of drug-likeness (QED) is 0.414. The van der Waals surface area contributed by atoms with Gasteiger partial charge in [0.15, 0.2) is 0 Å². The fourth-order valence-electron chi connectivity index (χ4n) is 0.557. The van der Waals surface area contributed by atoms with Crippen molar-refractivity contribution in [2.75, 3.05) is 0 Å². The van der Waals surface area contributed by atoms with Crippen LogP contribution in [-0.2, 0) is 9.53 Å². The van der Waals surface area contributed by atoms with Gasteiger partial charge in [-0.3, -0.25) is 4.79 Å². The Morgan fingerprint density at radius 2 is 2.71 bits per heavy atom. The van der Waals surface area contributed by atoms with Gasteiger partial charge < -0.3 is 4.74 Å². The fourth-order valence-corrected chi connectivity index (χ4v) is 0.557. The molecule has 1 atom stereocenters. The van der Waals surface area contributed by atoms with E-state index < -0.39 is 0 Å². The zero-order valence-corrected chi connectivity index (χ0v) is 4.18. The van der Waals surface area contributed by atoms with Crippen molar-refractivity contribution in [1.82, 2.24) is 0 Å². The molecule has 0 aromatic carbocycles. The van der Waals surface area contributed by atoms with Gasteiger partial charge in [0.1, 0.15) is 0 Å². The Kier molecular flexibility index (Phi) is 1.01. The van der Waals surface area contributed by atoms with Crippen LogP contribution in [0, 0.1) is 6.42 Å². The minimum atomic E-state index is -0.174. The summed E-state index contributed by atoms with van der Waals surface area (Å²) in [7, 11) is 0. The Morgan fingerprint density at radius 3 is 2.86 bits per heavy atom. The number of esters is 1. The molecule has 7 heavy (non-hydrogen) atoms. The second-order valence-corrected chi connectivity index (χ2v) is 1.69. The number of ether oxygens (including phenoxy) is 1. The fraction of sp³-hybridized carbons (Fsp3) is 0.600. The monoisotopic (exact) mass is 99.0 g/mol. The maximum atomic E-state index is 10.2. The van der Waals surface area contributed by atoms with E-state index in [1.54, 1.807) is 6.42 Å². The van der Waals surface area contributed by atoms with Crippen LogP contribution in [0.15, 0.2) is 0 Å². The SMILES string of the molecule is CC1C[CH]C(=O)O1. The standard InChI is InChI=1S/C5H7O2/c1-4-2-3-5(6)7-4/h3-4H,2H2,1H3. The van der Waals surface area contributed by atoms with Gasteiger partial charge in [0.2, 0.25) is 0 Å². The molecule has 1 rings (SSSR count). The lowest BCUT2D eigenvalue weighted by atomic mass is 10.3. The minimum absolute atomic E-state index is 0.118. The van der Waals surface area contributed by atoms with Crippen LogP contribution in [0.5, 0.6) is 0 Å². The van der Waals surface area contributed by atoms with Crippen LogP contribution in [0.4, 0.5) is 0 Å². The Balaban J connectivity index is 2.40. The molecule has 2 heteroatoms. The van der Waals surface area contributed by atoms with Crippen molar-refractivity contribution in [2.24, 2.45) is 0 Å². The molecule has 1 radical (unpaired) electrons. The molecule has 1 aliphatic heterocycles. The first kappa shape index (κ1) is 4.62. The van der Waals surface area contributed by atoms with Crippen molar-refractivity contribution >= 4 is 5.97 Å². The molecule has 39 valence electrons. The first-order chi connectivity index (χ1) is 3.29. The molecule has 0 bridgehead atoms. The second-order valence-electron chi connectivity index (χ2n) is 1.69. The van der Waals surface area contributed by atoms with E-state index in [9.17, 15) is 4.79 Å². The van der Waals surface area contributed by atoms with Gasteiger partial charge in [-0.25, -0.2) is 0 Å². The first-order valence-electron chi connectivity index (χ1n) is 2.33. The van der Waals surface area contributed by atoms with Gasteiger partial charge in [-0.15, -0.1) is 0 Å². The van der Waals surface area contributed by atoms with Crippen molar-refractivity contribution in [3.63, 3.8) is 0 Å². The van der Waals surface area contributed by atoms with Crippen LogP contribution in [0.2, 0.25) is 0 Å². The molecule has 1 saturated heterocycles. The van der Waals surface area contributed by atoms with Crippen LogP contribution in [0.25, 0.3) is 0 Å². The lowest BCUT2D eigenvalue weighted by molar-refractivity contribution is -0.138. The number of rotatable bonds is 0. The van der Waals surface area contributed by atoms with Gasteiger partial charge in [-0.05, 0) is 13.3 Å². The zero-order chi connectivity index (χ0) is 5.28. The Bertz CT molecular complexity index is 88.1. The molecule has 0 aliphatic carbocycles. The molecule has 1 fully saturated rings. The summed E-state index contributed by atoms with van der Waals surface area (Å²) < 4.78 is 4.67. The van der Waals surface area contributed by atoms with Crippen LogP contribution in [-0.4, -0.2) is 12.1 Å². The number of carbonyl (C=O) groups excluding carboxylic acids is 1. The van der Waals surface area contributed by atoms with Gasteiger partial charge in [0.05, 0.1) is 12.5 Å². The Hall–Kier alpha value is -0.530. The van der Waals surface area contributed by atoms with E-state index in [0.29, 0.717) is 0 Å². The number of hydrogen-bond acceptors (Lipinski definition) is 2. The highest BCUT2D eigenvalue weighted by atomic mass is 16.5. The summed E-state index contributed by atoms with van der Waals surface area (Å²) in [6.45, 7) is 1.88. The summed E-state index contributed by atoms with van der Waals surface area (Å²) in [6, 6.07) is 0. The molecule has 1 heterocycles. The summed E-state index contributed by atoms with van der Waals surface area (Å²) >= 11 is 0. The molecule has 0 spiro atoms. The molecule has 0 amide bonds. The van der Waals surface area contributed by atoms with E-state index in [-0.39, 0.29) is 12.1 Å². The van der Waals surface area contributed by atoms with Crippen molar-refractivity contribution < 1.29 is 9.53 Å². The number of hydrogen-bond donors (Lipinski definition) is 0. The van der Waals surface area contributed by atoms with Crippen LogP contribution < -0.4 is 0 Å². The molecule has 0 aromatic heterocycles. The van der Waals surface area contributed by atoms with Gasteiger partial charge in [0, 0.05) is 0 Å². The average molecular weight is 99.1 g/mol. The molecule has 0 aromatic rings. The lowest BCUT2D eigenvalue weighted by Crippen LogP contribution is -1.98. The normalized spacial score (nSPS) is 30.4. The van der Waals surface area contributed by atoms with E-state index in [1.165, 1.54) is 0 Å². The third kappa shape index (κ3) is 0.918. The molecule has 2 nitrogen and oxygen atoms in total. The van der Waals surface area contributed by atoms with Gasteiger partial charge >= 0.3 is 5.97 Å². The van der Waals surface area contributed by atoms with Crippen LogP contribution >= 0.6 is 0 Å². The number of cyclic esters (lactones) is 1. The van der Waals surface area contributed by atoms with Crippen LogP contribution in [0.3, 0.4) is 0 Å².